The van der Waals surface area contributed by atoms with Crippen molar-refractivity contribution >= 4 is 23.7 Å². The standard InChI is InChI=1S/C23H28N4O4/c1-30-20-14-17(7-9-19(20)31-16-21(24)28)8-10-22(29)26-15-18-6-5-11-25-23(18)27-12-3-2-4-13-27/h5-11,14H,2-4,12-13,15-16H2,1H3,(H2,24,28)(H,26,29)/b10-8+. The van der Waals surface area contributed by atoms with Crippen LogP contribution in [-0.4, -0.2) is 43.6 Å². The fraction of sp³-hybridized carbons (Fsp3) is 0.348. The Balaban J connectivity index is 1.59. The number of piperidine rings is 1. The van der Waals surface area contributed by atoms with Crippen LogP contribution >= 0.6 is 0 Å². The number of nitrogens with two attached hydrogens (primary N) is 1. The molecule has 31 heavy (non-hydrogen) atoms. The Bertz CT molecular complexity index is 939. The number of benzene rings is 1. The molecule has 1 aliphatic rings. The lowest BCUT2D eigenvalue weighted by Gasteiger charge is -2.29. The first kappa shape index (κ1) is 22.1. The quantitative estimate of drug-likeness (QED) is 0.598. The molecule has 0 spiro atoms. The predicted octanol–water partition coefficient (Wildman–Crippen LogP) is 2.27. The van der Waals surface area contributed by atoms with Crippen molar-refractivity contribution in [2.24, 2.45) is 5.73 Å². The summed E-state index contributed by atoms with van der Waals surface area (Å²) >= 11 is 0. The molecule has 1 fully saturated rings. The Hall–Kier alpha value is -3.55. The van der Waals surface area contributed by atoms with Crippen LogP contribution in [0.4, 0.5) is 5.82 Å². The first-order valence-corrected chi connectivity index (χ1v) is 10.3. The molecule has 1 saturated heterocycles. The first-order valence-electron chi connectivity index (χ1n) is 10.3. The number of carbonyl (C=O) groups excluding carboxylic acids is 2. The Labute approximate surface area is 182 Å². The number of hydrogen-bond acceptors (Lipinski definition) is 6. The fourth-order valence-corrected chi connectivity index (χ4v) is 3.43. The molecule has 0 saturated carbocycles. The van der Waals surface area contributed by atoms with E-state index in [9.17, 15) is 9.59 Å². The minimum absolute atomic E-state index is 0.207. The zero-order valence-electron chi connectivity index (χ0n) is 17.7. The third-order valence-electron chi connectivity index (χ3n) is 4.96. The van der Waals surface area contributed by atoms with Gasteiger partial charge in [-0.2, -0.15) is 0 Å². The second kappa shape index (κ2) is 11.0. The van der Waals surface area contributed by atoms with Crippen LogP contribution < -0.4 is 25.4 Å². The lowest BCUT2D eigenvalue weighted by Crippen LogP contribution is -2.32. The van der Waals surface area contributed by atoms with E-state index in [1.165, 1.54) is 32.4 Å². The minimum atomic E-state index is -0.570. The van der Waals surface area contributed by atoms with Gasteiger partial charge in [0, 0.05) is 37.5 Å². The zero-order valence-corrected chi connectivity index (χ0v) is 17.7. The molecule has 2 heterocycles. The van der Waals surface area contributed by atoms with Gasteiger partial charge >= 0.3 is 0 Å². The van der Waals surface area contributed by atoms with Crippen molar-refractivity contribution in [3.05, 3.63) is 53.7 Å². The highest BCUT2D eigenvalue weighted by Gasteiger charge is 2.15. The second-order valence-corrected chi connectivity index (χ2v) is 7.25. The number of methoxy groups -OCH3 is 1. The van der Waals surface area contributed by atoms with E-state index in [2.05, 4.69) is 15.2 Å². The maximum atomic E-state index is 12.3. The molecule has 1 aromatic heterocycles. The van der Waals surface area contributed by atoms with Gasteiger partial charge in [-0.1, -0.05) is 12.1 Å². The number of primary amides is 1. The Morgan fingerprint density at radius 1 is 1.19 bits per heavy atom. The van der Waals surface area contributed by atoms with Crippen LogP contribution in [-0.2, 0) is 16.1 Å². The first-order chi connectivity index (χ1) is 15.1. The van der Waals surface area contributed by atoms with E-state index >= 15 is 0 Å². The number of hydrogen-bond donors (Lipinski definition) is 2. The average molecular weight is 425 g/mol. The largest absolute Gasteiger partial charge is 0.493 e. The van der Waals surface area contributed by atoms with E-state index in [0.717, 1.165) is 30.0 Å². The molecular weight excluding hydrogens is 396 g/mol. The van der Waals surface area contributed by atoms with Gasteiger partial charge in [0.05, 0.1) is 7.11 Å². The molecule has 8 heteroatoms. The van der Waals surface area contributed by atoms with Gasteiger partial charge in [0.25, 0.3) is 5.91 Å². The maximum absolute atomic E-state index is 12.3. The molecule has 1 aromatic carbocycles. The molecule has 164 valence electrons. The van der Waals surface area contributed by atoms with Crippen LogP contribution in [0.2, 0.25) is 0 Å². The van der Waals surface area contributed by atoms with Crippen LogP contribution in [0.15, 0.2) is 42.6 Å². The predicted molar refractivity (Wildman–Crippen MR) is 119 cm³/mol. The van der Waals surface area contributed by atoms with Crippen molar-refractivity contribution in [2.75, 3.05) is 31.7 Å². The van der Waals surface area contributed by atoms with Crippen molar-refractivity contribution in [3.63, 3.8) is 0 Å². The topological polar surface area (TPSA) is 107 Å². The van der Waals surface area contributed by atoms with Gasteiger partial charge in [-0.15, -0.1) is 0 Å². The van der Waals surface area contributed by atoms with Gasteiger partial charge in [0.15, 0.2) is 18.1 Å². The van der Waals surface area contributed by atoms with E-state index in [-0.39, 0.29) is 12.5 Å². The number of nitrogens with one attached hydrogen (secondary N) is 1. The van der Waals surface area contributed by atoms with Crippen molar-refractivity contribution < 1.29 is 19.1 Å². The number of aromatic nitrogens is 1. The molecule has 2 aromatic rings. The molecular formula is C23H28N4O4. The monoisotopic (exact) mass is 424 g/mol. The van der Waals surface area contributed by atoms with Gasteiger partial charge in [-0.05, 0) is 49.1 Å². The molecule has 8 nitrogen and oxygen atoms in total. The number of nitrogens with zero attached hydrogens (tertiary/aromatic N) is 2. The van der Waals surface area contributed by atoms with Crippen molar-refractivity contribution in [2.45, 2.75) is 25.8 Å². The number of ether oxygens (including phenoxy) is 2. The highest BCUT2D eigenvalue weighted by molar-refractivity contribution is 5.91. The summed E-state index contributed by atoms with van der Waals surface area (Å²) in [6, 6.07) is 9.03. The summed E-state index contributed by atoms with van der Waals surface area (Å²) < 4.78 is 10.6. The van der Waals surface area contributed by atoms with Crippen LogP contribution in [0.25, 0.3) is 6.08 Å². The molecule has 1 aliphatic heterocycles. The highest BCUT2D eigenvalue weighted by Crippen LogP contribution is 2.28. The van der Waals surface area contributed by atoms with E-state index in [1.807, 2.05) is 12.1 Å². The lowest BCUT2D eigenvalue weighted by atomic mass is 10.1. The summed E-state index contributed by atoms with van der Waals surface area (Å²) in [5.74, 6) is 1.03. The zero-order chi connectivity index (χ0) is 22.1. The number of pyridine rings is 1. The normalized spacial score (nSPS) is 13.8. The van der Waals surface area contributed by atoms with Crippen molar-refractivity contribution in [1.82, 2.24) is 10.3 Å². The van der Waals surface area contributed by atoms with Crippen LogP contribution in [0.5, 0.6) is 11.5 Å². The van der Waals surface area contributed by atoms with Crippen LogP contribution in [0.1, 0.15) is 30.4 Å². The van der Waals surface area contributed by atoms with Crippen LogP contribution in [0.3, 0.4) is 0 Å². The summed E-state index contributed by atoms with van der Waals surface area (Å²) in [5.41, 5.74) is 6.86. The molecule has 3 N–H and O–H groups in total. The van der Waals surface area contributed by atoms with E-state index in [1.54, 1.807) is 30.5 Å². The molecule has 0 aliphatic carbocycles. The van der Waals surface area contributed by atoms with Gasteiger partial charge in [0.1, 0.15) is 5.82 Å². The number of carbonyl (C=O) groups is 2. The second-order valence-electron chi connectivity index (χ2n) is 7.25. The molecule has 0 unspecified atom stereocenters. The van der Waals surface area contributed by atoms with Gasteiger partial charge in [-0.3, -0.25) is 9.59 Å². The van der Waals surface area contributed by atoms with Crippen molar-refractivity contribution in [3.8, 4) is 11.5 Å². The summed E-state index contributed by atoms with van der Waals surface area (Å²) in [5, 5.41) is 2.92. The number of amides is 2. The summed E-state index contributed by atoms with van der Waals surface area (Å²) in [7, 11) is 1.50. The Kier molecular flexibility index (Phi) is 7.86. The minimum Gasteiger partial charge on any atom is -0.493 e. The number of rotatable bonds is 9. The summed E-state index contributed by atoms with van der Waals surface area (Å²) in [6.07, 6.45) is 8.53. The number of anilines is 1. The fourth-order valence-electron chi connectivity index (χ4n) is 3.43. The van der Waals surface area contributed by atoms with Crippen molar-refractivity contribution in [1.29, 1.82) is 0 Å². The summed E-state index contributed by atoms with van der Waals surface area (Å²) in [6.45, 7) is 2.17. The third kappa shape index (κ3) is 6.47. The Morgan fingerprint density at radius 2 is 2.00 bits per heavy atom. The van der Waals surface area contributed by atoms with Gasteiger partial charge in [0.2, 0.25) is 5.91 Å². The van der Waals surface area contributed by atoms with E-state index in [4.69, 9.17) is 15.2 Å². The smallest absolute Gasteiger partial charge is 0.255 e. The van der Waals surface area contributed by atoms with Crippen LogP contribution in [0, 0.1) is 0 Å². The lowest BCUT2D eigenvalue weighted by molar-refractivity contribution is -0.120. The SMILES string of the molecule is COc1cc(/C=C/C(=O)NCc2cccnc2N2CCCCC2)ccc1OCC(N)=O. The molecule has 3 rings (SSSR count). The molecule has 0 atom stereocenters. The average Bonchev–Trinajstić information content (AvgIpc) is 2.81. The molecule has 0 bridgehead atoms. The Morgan fingerprint density at radius 3 is 2.74 bits per heavy atom. The molecule has 2 amide bonds. The van der Waals surface area contributed by atoms with Gasteiger partial charge < -0.3 is 25.4 Å². The van der Waals surface area contributed by atoms with E-state index < -0.39 is 5.91 Å². The van der Waals surface area contributed by atoms with E-state index in [0.29, 0.717) is 18.0 Å². The third-order valence-corrected chi connectivity index (χ3v) is 4.96. The van der Waals surface area contributed by atoms with Gasteiger partial charge in [-0.25, -0.2) is 4.98 Å². The highest BCUT2D eigenvalue weighted by atomic mass is 16.5. The summed E-state index contributed by atoms with van der Waals surface area (Å²) in [4.78, 5) is 30.0. The molecule has 0 radical (unpaired) electrons. The maximum Gasteiger partial charge on any atom is 0.255 e.